The van der Waals surface area contributed by atoms with Gasteiger partial charge in [0.15, 0.2) is 0 Å². The third-order valence-electron chi connectivity index (χ3n) is 4.56. The Morgan fingerprint density at radius 3 is 2.24 bits per heavy atom. The van der Waals surface area contributed by atoms with Crippen LogP contribution in [0.15, 0.2) is 24.3 Å². The quantitative estimate of drug-likeness (QED) is 0.818. The Labute approximate surface area is 149 Å². The molecule has 0 spiro atoms. The number of carbonyl (C=O) groups is 3. The smallest absolute Gasteiger partial charge is 0.253 e. The molecule has 0 aromatic heterocycles. The number of amides is 3. The van der Waals surface area contributed by atoms with Crippen molar-refractivity contribution in [3.8, 4) is 0 Å². The van der Waals surface area contributed by atoms with Gasteiger partial charge in [0.25, 0.3) is 11.8 Å². The van der Waals surface area contributed by atoms with Gasteiger partial charge in [0.2, 0.25) is 5.91 Å². The number of carbonyl (C=O) groups excluding carboxylic acids is 3. The highest BCUT2D eigenvalue weighted by Gasteiger charge is 2.24. The highest BCUT2D eigenvalue weighted by Crippen LogP contribution is 2.13. The molecular weight excluding hydrogens is 318 g/mol. The number of benzene rings is 1. The zero-order valence-electron chi connectivity index (χ0n) is 15.3. The van der Waals surface area contributed by atoms with E-state index in [-0.39, 0.29) is 17.7 Å². The van der Waals surface area contributed by atoms with E-state index in [1.165, 1.54) is 0 Å². The molecule has 1 aliphatic rings. The first-order chi connectivity index (χ1) is 11.9. The molecule has 1 heterocycles. The van der Waals surface area contributed by atoms with Gasteiger partial charge >= 0.3 is 0 Å². The first-order valence-corrected chi connectivity index (χ1v) is 8.84. The standard InChI is InChI=1S/C19H27N3O3/c1-4-5-9-20(3)18(24)16-7-6-8-17(14-16)19(25)22-12-10-21(11-13-22)15(2)23/h6-8,14H,4-5,9-13H2,1-3H3. The van der Waals surface area contributed by atoms with Crippen LogP contribution in [0.25, 0.3) is 0 Å². The molecule has 0 N–H and O–H groups in total. The Hall–Kier alpha value is -2.37. The molecule has 0 aliphatic carbocycles. The summed E-state index contributed by atoms with van der Waals surface area (Å²) in [7, 11) is 1.79. The summed E-state index contributed by atoms with van der Waals surface area (Å²) in [6.07, 6.45) is 1.99. The second-order valence-corrected chi connectivity index (χ2v) is 6.46. The molecule has 1 fully saturated rings. The molecule has 1 saturated heterocycles. The summed E-state index contributed by atoms with van der Waals surface area (Å²) in [6, 6.07) is 6.90. The maximum Gasteiger partial charge on any atom is 0.253 e. The Bertz CT molecular complexity index is 637. The van der Waals surface area contributed by atoms with Crippen LogP contribution in [0.1, 0.15) is 47.4 Å². The number of hydrogen-bond acceptors (Lipinski definition) is 3. The van der Waals surface area contributed by atoms with Crippen LogP contribution in [-0.4, -0.2) is 72.2 Å². The fourth-order valence-electron chi connectivity index (χ4n) is 2.91. The molecule has 0 unspecified atom stereocenters. The minimum Gasteiger partial charge on any atom is -0.342 e. The fourth-order valence-corrected chi connectivity index (χ4v) is 2.91. The highest BCUT2D eigenvalue weighted by molar-refractivity contribution is 5.99. The molecule has 1 aromatic rings. The Balaban J connectivity index is 2.04. The van der Waals surface area contributed by atoms with E-state index in [4.69, 9.17) is 0 Å². The van der Waals surface area contributed by atoms with Gasteiger partial charge in [0.05, 0.1) is 0 Å². The number of hydrogen-bond donors (Lipinski definition) is 0. The average Bonchev–Trinajstić information content (AvgIpc) is 2.65. The summed E-state index contributed by atoms with van der Waals surface area (Å²) in [5.41, 5.74) is 1.05. The predicted molar refractivity (Wildman–Crippen MR) is 96.5 cm³/mol. The van der Waals surface area contributed by atoms with Crippen molar-refractivity contribution in [1.29, 1.82) is 0 Å². The van der Waals surface area contributed by atoms with Crippen LogP contribution in [0.2, 0.25) is 0 Å². The molecule has 2 rings (SSSR count). The van der Waals surface area contributed by atoms with Gasteiger partial charge in [-0.15, -0.1) is 0 Å². The van der Waals surface area contributed by atoms with Crippen molar-refractivity contribution in [3.63, 3.8) is 0 Å². The van der Waals surface area contributed by atoms with Gasteiger partial charge in [-0.05, 0) is 24.6 Å². The minimum absolute atomic E-state index is 0.0369. The van der Waals surface area contributed by atoms with Crippen LogP contribution in [0, 0.1) is 0 Å². The van der Waals surface area contributed by atoms with Crippen LogP contribution in [0.5, 0.6) is 0 Å². The summed E-state index contributed by atoms with van der Waals surface area (Å²) < 4.78 is 0. The van der Waals surface area contributed by atoms with Crippen molar-refractivity contribution >= 4 is 17.7 Å². The third kappa shape index (κ3) is 4.81. The molecule has 0 saturated carbocycles. The van der Waals surface area contributed by atoms with Gasteiger partial charge < -0.3 is 14.7 Å². The highest BCUT2D eigenvalue weighted by atomic mass is 16.2. The molecule has 0 bridgehead atoms. The third-order valence-corrected chi connectivity index (χ3v) is 4.56. The number of unbranched alkanes of at least 4 members (excludes halogenated alkanes) is 1. The molecule has 25 heavy (non-hydrogen) atoms. The van der Waals surface area contributed by atoms with E-state index < -0.39 is 0 Å². The van der Waals surface area contributed by atoms with Gasteiger partial charge in [-0.1, -0.05) is 19.4 Å². The molecular formula is C19H27N3O3. The largest absolute Gasteiger partial charge is 0.342 e. The zero-order valence-corrected chi connectivity index (χ0v) is 15.3. The van der Waals surface area contributed by atoms with Crippen molar-refractivity contribution in [2.45, 2.75) is 26.7 Å². The van der Waals surface area contributed by atoms with Crippen molar-refractivity contribution in [3.05, 3.63) is 35.4 Å². The first kappa shape index (κ1) is 19.0. The normalized spacial score (nSPS) is 14.4. The lowest BCUT2D eigenvalue weighted by molar-refractivity contribution is -0.130. The van der Waals surface area contributed by atoms with Crippen molar-refractivity contribution in [1.82, 2.24) is 14.7 Å². The van der Waals surface area contributed by atoms with Crippen LogP contribution in [-0.2, 0) is 4.79 Å². The fraction of sp³-hybridized carbons (Fsp3) is 0.526. The van der Waals surface area contributed by atoms with Gasteiger partial charge in [0.1, 0.15) is 0 Å². The second kappa shape index (κ2) is 8.65. The maximum absolute atomic E-state index is 12.7. The minimum atomic E-state index is -0.0888. The van der Waals surface area contributed by atoms with Crippen molar-refractivity contribution < 1.29 is 14.4 Å². The first-order valence-electron chi connectivity index (χ1n) is 8.84. The van der Waals surface area contributed by atoms with Crippen LogP contribution in [0.4, 0.5) is 0 Å². The monoisotopic (exact) mass is 345 g/mol. The zero-order chi connectivity index (χ0) is 18.4. The van der Waals surface area contributed by atoms with E-state index in [1.54, 1.807) is 52.9 Å². The van der Waals surface area contributed by atoms with Crippen LogP contribution >= 0.6 is 0 Å². The van der Waals surface area contributed by atoms with Crippen LogP contribution < -0.4 is 0 Å². The van der Waals surface area contributed by atoms with E-state index in [1.807, 2.05) is 0 Å². The molecule has 6 nitrogen and oxygen atoms in total. The second-order valence-electron chi connectivity index (χ2n) is 6.46. The van der Waals surface area contributed by atoms with E-state index in [0.717, 1.165) is 12.8 Å². The van der Waals surface area contributed by atoms with Crippen molar-refractivity contribution in [2.75, 3.05) is 39.8 Å². The Morgan fingerprint density at radius 1 is 1.04 bits per heavy atom. The molecule has 0 radical (unpaired) electrons. The molecule has 1 aliphatic heterocycles. The molecule has 0 atom stereocenters. The lowest BCUT2D eigenvalue weighted by atomic mass is 10.1. The Kier molecular flexibility index (Phi) is 6.56. The molecule has 136 valence electrons. The SMILES string of the molecule is CCCCN(C)C(=O)c1cccc(C(=O)N2CCN(C(C)=O)CC2)c1. The molecule has 3 amide bonds. The number of nitrogens with zero attached hydrogens (tertiary/aromatic N) is 3. The molecule has 1 aromatic carbocycles. The summed E-state index contributed by atoms with van der Waals surface area (Å²) in [5, 5.41) is 0. The number of piperazine rings is 1. The predicted octanol–water partition coefficient (Wildman–Crippen LogP) is 1.86. The van der Waals surface area contributed by atoms with E-state index >= 15 is 0 Å². The summed E-state index contributed by atoms with van der Waals surface area (Å²) in [6.45, 7) is 6.49. The average molecular weight is 345 g/mol. The van der Waals surface area contributed by atoms with E-state index in [2.05, 4.69) is 6.92 Å². The van der Waals surface area contributed by atoms with Gasteiger partial charge in [-0.25, -0.2) is 0 Å². The summed E-state index contributed by atoms with van der Waals surface area (Å²) >= 11 is 0. The summed E-state index contributed by atoms with van der Waals surface area (Å²) in [5.74, 6) is -0.117. The number of rotatable bonds is 5. The van der Waals surface area contributed by atoms with Gasteiger partial charge in [-0.2, -0.15) is 0 Å². The van der Waals surface area contributed by atoms with Crippen molar-refractivity contribution in [2.24, 2.45) is 0 Å². The van der Waals surface area contributed by atoms with E-state index in [9.17, 15) is 14.4 Å². The van der Waals surface area contributed by atoms with Crippen LogP contribution in [0.3, 0.4) is 0 Å². The van der Waals surface area contributed by atoms with Gasteiger partial charge in [0, 0.05) is 57.8 Å². The van der Waals surface area contributed by atoms with E-state index in [0.29, 0.717) is 43.9 Å². The Morgan fingerprint density at radius 2 is 1.64 bits per heavy atom. The topological polar surface area (TPSA) is 60.9 Å². The van der Waals surface area contributed by atoms with Gasteiger partial charge in [-0.3, -0.25) is 14.4 Å². The maximum atomic E-state index is 12.7. The lowest BCUT2D eigenvalue weighted by Gasteiger charge is -2.34. The molecule has 6 heteroatoms. The lowest BCUT2D eigenvalue weighted by Crippen LogP contribution is -2.50. The summed E-state index contributed by atoms with van der Waals surface area (Å²) in [4.78, 5) is 41.7.